The molecule has 0 bridgehead atoms. The van der Waals surface area contributed by atoms with Crippen molar-refractivity contribution in [1.29, 1.82) is 5.41 Å². The molecule has 1 atom stereocenters. The maximum atomic E-state index is 12.0. The monoisotopic (exact) mass is 529 g/mol. The van der Waals surface area contributed by atoms with Gasteiger partial charge in [0.1, 0.15) is 0 Å². The van der Waals surface area contributed by atoms with Gasteiger partial charge in [0.25, 0.3) is 0 Å². The van der Waals surface area contributed by atoms with Gasteiger partial charge in [-0.1, -0.05) is 12.1 Å². The number of benzene rings is 1. The van der Waals surface area contributed by atoms with Crippen LogP contribution in [0, 0.1) is 5.41 Å². The van der Waals surface area contributed by atoms with E-state index in [9.17, 15) is 8.42 Å². The van der Waals surface area contributed by atoms with E-state index < -0.39 is 10.0 Å². The topological polar surface area (TPSA) is 129 Å². The summed E-state index contributed by atoms with van der Waals surface area (Å²) in [6, 6.07) is 7.58. The highest BCUT2D eigenvalue weighted by Gasteiger charge is 2.30. The van der Waals surface area contributed by atoms with Crippen LogP contribution in [0.15, 0.2) is 24.3 Å². The number of nitrogens with two attached hydrogens (primary N) is 1. The number of ether oxygens (including phenoxy) is 1. The molecule has 36 heavy (non-hydrogen) atoms. The maximum absolute atomic E-state index is 12.0. The van der Waals surface area contributed by atoms with Crippen molar-refractivity contribution in [2.75, 3.05) is 62.8 Å². The van der Waals surface area contributed by atoms with Gasteiger partial charge in [-0.15, -0.1) is 11.3 Å². The Labute approximate surface area is 215 Å². The van der Waals surface area contributed by atoms with Crippen molar-refractivity contribution in [3.63, 3.8) is 0 Å². The summed E-state index contributed by atoms with van der Waals surface area (Å²) in [7, 11) is -3.20. The van der Waals surface area contributed by atoms with E-state index in [2.05, 4.69) is 15.9 Å². The van der Waals surface area contributed by atoms with Crippen molar-refractivity contribution in [2.24, 2.45) is 0 Å². The molecular formula is C24H31N7O3S2. The largest absolute Gasteiger partial charge is 0.398 e. The summed E-state index contributed by atoms with van der Waals surface area (Å²) in [6.45, 7) is 7.33. The van der Waals surface area contributed by atoms with Crippen molar-refractivity contribution < 1.29 is 13.2 Å². The molecule has 1 aromatic carbocycles. The molecule has 2 aromatic heterocycles. The molecule has 2 saturated heterocycles. The molecule has 0 radical (unpaired) electrons. The first-order valence-corrected chi connectivity index (χ1v) is 14.6. The first-order chi connectivity index (χ1) is 17.2. The Morgan fingerprint density at radius 2 is 2.00 bits per heavy atom. The van der Waals surface area contributed by atoms with E-state index in [1.807, 2.05) is 19.1 Å². The highest BCUT2D eigenvalue weighted by Crippen LogP contribution is 2.36. The van der Waals surface area contributed by atoms with Gasteiger partial charge in [-0.3, -0.25) is 4.90 Å². The van der Waals surface area contributed by atoms with E-state index in [-0.39, 0.29) is 6.04 Å². The summed E-state index contributed by atoms with van der Waals surface area (Å²) in [5, 5.41) is 7.87. The van der Waals surface area contributed by atoms with Crippen LogP contribution in [-0.2, 0) is 21.3 Å². The average Bonchev–Trinajstić information content (AvgIpc) is 3.25. The molecule has 0 spiro atoms. The highest BCUT2D eigenvalue weighted by atomic mass is 32.2. The standard InChI is InChI=1S/C24H31N7O3S2/c1-16-14-29(6-7-31(16)36(2,32)33)15-17-12-21-22(35-17)24(30-8-10-34-11-9-30)28-23(27-21)18-4-3-5-20(26)19(18)13-25/h3-5,12-13,16,25H,6-11,14-15,26H2,1-2H3/t16-/m1/s1. The molecule has 0 unspecified atom stereocenters. The maximum Gasteiger partial charge on any atom is 0.211 e. The van der Waals surface area contributed by atoms with E-state index in [4.69, 9.17) is 25.8 Å². The number of thiophene rings is 1. The van der Waals surface area contributed by atoms with E-state index in [1.54, 1.807) is 21.7 Å². The summed E-state index contributed by atoms with van der Waals surface area (Å²) in [5.41, 5.74) is 8.87. The summed E-state index contributed by atoms with van der Waals surface area (Å²) < 4.78 is 32.3. The highest BCUT2D eigenvalue weighted by molar-refractivity contribution is 7.88. The van der Waals surface area contributed by atoms with Gasteiger partial charge in [-0.2, -0.15) is 4.31 Å². The molecule has 2 aliphatic rings. The summed E-state index contributed by atoms with van der Waals surface area (Å²) in [4.78, 5) is 15.6. The van der Waals surface area contributed by atoms with Crippen LogP contribution in [0.4, 0.5) is 11.5 Å². The van der Waals surface area contributed by atoms with Gasteiger partial charge in [0.15, 0.2) is 11.6 Å². The number of anilines is 2. The Morgan fingerprint density at radius 3 is 2.69 bits per heavy atom. The predicted octanol–water partition coefficient (Wildman–Crippen LogP) is 2.24. The fraction of sp³-hybridized carbons (Fsp3) is 0.458. The average molecular weight is 530 g/mol. The number of nitrogens with zero attached hydrogens (tertiary/aromatic N) is 5. The van der Waals surface area contributed by atoms with Gasteiger partial charge >= 0.3 is 0 Å². The van der Waals surface area contributed by atoms with E-state index in [0.717, 1.165) is 46.1 Å². The first-order valence-electron chi connectivity index (χ1n) is 12.0. The summed E-state index contributed by atoms with van der Waals surface area (Å²) >= 11 is 1.69. The number of nitrogen functional groups attached to an aromatic ring is 1. The number of hydrogen-bond donors (Lipinski definition) is 2. The van der Waals surface area contributed by atoms with Crippen LogP contribution >= 0.6 is 11.3 Å². The van der Waals surface area contributed by atoms with Crippen molar-refractivity contribution in [2.45, 2.75) is 19.5 Å². The molecule has 12 heteroatoms. The molecule has 0 amide bonds. The molecule has 5 rings (SSSR count). The number of sulfonamides is 1. The molecule has 2 aliphatic heterocycles. The lowest BCUT2D eigenvalue weighted by molar-refractivity contribution is 0.122. The Bertz CT molecular complexity index is 1390. The van der Waals surface area contributed by atoms with Gasteiger partial charge in [0.05, 0.1) is 29.7 Å². The van der Waals surface area contributed by atoms with Crippen molar-refractivity contribution in [1.82, 2.24) is 19.2 Å². The van der Waals surface area contributed by atoms with Crippen LogP contribution in [0.3, 0.4) is 0 Å². The molecule has 4 heterocycles. The first kappa shape index (κ1) is 25.0. The van der Waals surface area contributed by atoms with Gasteiger partial charge in [-0.05, 0) is 19.1 Å². The van der Waals surface area contributed by atoms with Gasteiger partial charge in [0.2, 0.25) is 10.0 Å². The quantitative estimate of drug-likeness (QED) is 0.368. The smallest absolute Gasteiger partial charge is 0.211 e. The lowest BCUT2D eigenvalue weighted by Crippen LogP contribution is -2.53. The number of fused-ring (bicyclic) bond motifs is 1. The van der Waals surface area contributed by atoms with Crippen molar-refractivity contribution in [3.05, 3.63) is 34.7 Å². The minimum Gasteiger partial charge on any atom is -0.398 e. The third-order valence-corrected chi connectivity index (χ3v) is 9.20. The number of aromatic nitrogens is 2. The number of morpholine rings is 1. The lowest BCUT2D eigenvalue weighted by Gasteiger charge is -2.38. The number of piperazine rings is 1. The Kier molecular flexibility index (Phi) is 6.97. The zero-order valence-corrected chi connectivity index (χ0v) is 22.1. The fourth-order valence-electron chi connectivity index (χ4n) is 4.96. The Balaban J connectivity index is 1.51. The molecule has 192 valence electrons. The number of rotatable bonds is 6. The van der Waals surface area contributed by atoms with E-state index >= 15 is 0 Å². The van der Waals surface area contributed by atoms with Crippen LogP contribution in [0.2, 0.25) is 0 Å². The van der Waals surface area contributed by atoms with Crippen LogP contribution in [0.1, 0.15) is 17.4 Å². The second-order valence-electron chi connectivity index (χ2n) is 9.31. The molecular weight excluding hydrogens is 498 g/mol. The predicted molar refractivity (Wildman–Crippen MR) is 144 cm³/mol. The molecule has 2 fully saturated rings. The third kappa shape index (κ3) is 4.96. The van der Waals surface area contributed by atoms with Crippen LogP contribution < -0.4 is 10.6 Å². The number of hydrogen-bond acceptors (Lipinski definition) is 10. The minimum absolute atomic E-state index is 0.0680. The molecule has 0 saturated carbocycles. The normalized spacial score (nSPS) is 20.2. The van der Waals surface area contributed by atoms with Crippen molar-refractivity contribution in [3.8, 4) is 11.4 Å². The van der Waals surface area contributed by atoms with Crippen LogP contribution in [0.25, 0.3) is 21.6 Å². The third-order valence-electron chi connectivity index (χ3n) is 6.70. The van der Waals surface area contributed by atoms with Crippen LogP contribution in [-0.4, -0.2) is 92.0 Å². The molecule has 3 N–H and O–H groups in total. The second kappa shape index (κ2) is 10.0. The van der Waals surface area contributed by atoms with E-state index in [1.165, 1.54) is 12.5 Å². The lowest BCUT2D eigenvalue weighted by atomic mass is 10.1. The van der Waals surface area contributed by atoms with E-state index in [0.29, 0.717) is 49.9 Å². The SMILES string of the molecule is C[C@@H]1CN(Cc2cc3nc(-c4cccc(N)c4C=N)nc(N4CCOCC4)c3s2)CCN1S(C)(=O)=O. The van der Waals surface area contributed by atoms with Crippen LogP contribution in [0.5, 0.6) is 0 Å². The zero-order chi connectivity index (χ0) is 25.4. The summed E-state index contributed by atoms with van der Waals surface area (Å²) in [5.74, 6) is 1.43. The van der Waals surface area contributed by atoms with Gasteiger partial charge < -0.3 is 20.8 Å². The van der Waals surface area contributed by atoms with Crippen molar-refractivity contribution >= 4 is 49.3 Å². The Hall–Kier alpha value is -2.64. The number of nitrogens with one attached hydrogen (secondary N) is 1. The minimum atomic E-state index is -3.20. The Morgan fingerprint density at radius 1 is 1.22 bits per heavy atom. The molecule has 10 nitrogen and oxygen atoms in total. The van der Waals surface area contributed by atoms with Gasteiger partial charge in [-0.25, -0.2) is 18.4 Å². The zero-order valence-electron chi connectivity index (χ0n) is 20.5. The second-order valence-corrected chi connectivity index (χ2v) is 12.4. The van der Waals surface area contributed by atoms with Gasteiger partial charge in [0, 0.05) is 73.2 Å². The fourth-order valence-corrected chi connectivity index (χ4v) is 7.25. The molecule has 0 aliphatic carbocycles. The summed E-state index contributed by atoms with van der Waals surface area (Å²) in [6.07, 6.45) is 2.53. The molecule has 3 aromatic rings.